The molecule has 0 radical (unpaired) electrons. The molecule has 0 aliphatic carbocycles. The minimum atomic E-state index is -0.148. The van der Waals surface area contributed by atoms with Gasteiger partial charge in [0.25, 0.3) is 0 Å². The Morgan fingerprint density at radius 1 is 1.36 bits per heavy atom. The van der Waals surface area contributed by atoms with Gasteiger partial charge in [-0.2, -0.15) is 5.26 Å². The van der Waals surface area contributed by atoms with Crippen molar-refractivity contribution in [3.8, 4) is 6.07 Å². The molecule has 11 heavy (non-hydrogen) atoms. The molecular formula is C7H10N4. The number of hydrogen-bond donors (Lipinski definition) is 0. The van der Waals surface area contributed by atoms with E-state index in [1.165, 1.54) is 0 Å². The first-order valence-corrected chi connectivity index (χ1v) is 3.49. The van der Waals surface area contributed by atoms with Crippen molar-refractivity contribution in [2.45, 2.75) is 19.9 Å². The Bertz CT molecular complexity index is 244. The summed E-state index contributed by atoms with van der Waals surface area (Å²) in [6.45, 7) is 3.99. The van der Waals surface area contributed by atoms with Gasteiger partial charge in [-0.25, -0.2) is 0 Å². The van der Waals surface area contributed by atoms with E-state index in [4.69, 9.17) is 5.26 Å². The molecular weight excluding hydrogens is 140 g/mol. The van der Waals surface area contributed by atoms with E-state index >= 15 is 0 Å². The number of rotatable bonds is 2. The minimum Gasteiger partial charge on any atom is -0.303 e. The predicted molar refractivity (Wildman–Crippen MR) is 39.5 cm³/mol. The molecule has 0 spiro atoms. The topological polar surface area (TPSA) is 54.5 Å². The molecule has 0 saturated heterocycles. The highest BCUT2D eigenvalue weighted by molar-refractivity contribution is 4.91. The van der Waals surface area contributed by atoms with E-state index in [2.05, 4.69) is 16.3 Å². The fourth-order valence-corrected chi connectivity index (χ4v) is 0.912. The van der Waals surface area contributed by atoms with Crippen LogP contribution in [0.3, 0.4) is 0 Å². The molecule has 0 N–H and O–H groups in total. The molecule has 0 amide bonds. The summed E-state index contributed by atoms with van der Waals surface area (Å²) in [7, 11) is 0. The molecule has 1 atom stereocenters. The Kier molecular flexibility index (Phi) is 2.21. The Balaban J connectivity index is 2.82. The maximum absolute atomic E-state index is 8.74. The van der Waals surface area contributed by atoms with Crippen LogP contribution >= 0.6 is 0 Å². The van der Waals surface area contributed by atoms with Crippen LogP contribution in [0.25, 0.3) is 0 Å². The van der Waals surface area contributed by atoms with E-state index in [0.29, 0.717) is 0 Å². The molecule has 0 aliphatic heterocycles. The molecule has 0 aliphatic rings. The summed E-state index contributed by atoms with van der Waals surface area (Å²) in [6, 6.07) is 2.04. The lowest BCUT2D eigenvalue weighted by Crippen LogP contribution is -2.11. The van der Waals surface area contributed by atoms with Gasteiger partial charge < -0.3 is 4.57 Å². The summed E-state index contributed by atoms with van der Waals surface area (Å²) < 4.78 is 1.71. The first-order chi connectivity index (χ1) is 5.25. The average molecular weight is 150 g/mol. The molecule has 0 fully saturated rings. The number of nitriles is 1. The fraction of sp³-hybridized carbons (Fsp3) is 0.571. The van der Waals surface area contributed by atoms with Gasteiger partial charge in [0.15, 0.2) is 0 Å². The normalized spacial score (nSPS) is 12.9. The molecule has 1 unspecified atom stereocenters. The summed E-state index contributed by atoms with van der Waals surface area (Å²) in [5.74, 6) is 0.288. The Morgan fingerprint density at radius 3 is 2.27 bits per heavy atom. The van der Waals surface area contributed by atoms with Crippen LogP contribution in [0.5, 0.6) is 0 Å². The highest BCUT2D eigenvalue weighted by Gasteiger charge is 2.13. The maximum Gasteiger partial charge on any atom is 0.125 e. The highest BCUT2D eigenvalue weighted by atomic mass is 15.2. The Hall–Kier alpha value is -1.37. The van der Waals surface area contributed by atoms with Crippen LogP contribution < -0.4 is 0 Å². The molecule has 1 aromatic rings. The largest absolute Gasteiger partial charge is 0.303 e. The van der Waals surface area contributed by atoms with Crippen LogP contribution in [-0.2, 0) is 0 Å². The molecule has 58 valence electrons. The maximum atomic E-state index is 8.74. The lowest BCUT2D eigenvalue weighted by Gasteiger charge is -2.12. The second-order valence-corrected chi connectivity index (χ2v) is 2.73. The third-order valence-electron chi connectivity index (χ3n) is 1.52. The monoisotopic (exact) mass is 150 g/mol. The van der Waals surface area contributed by atoms with Gasteiger partial charge in [0.1, 0.15) is 18.7 Å². The third-order valence-corrected chi connectivity index (χ3v) is 1.52. The number of nitrogens with zero attached hydrogens (tertiary/aromatic N) is 4. The molecule has 1 aromatic heterocycles. The van der Waals surface area contributed by atoms with E-state index in [1.54, 1.807) is 17.2 Å². The van der Waals surface area contributed by atoms with Gasteiger partial charge in [0.05, 0.1) is 6.07 Å². The molecule has 1 rings (SSSR count). The van der Waals surface area contributed by atoms with Crippen molar-refractivity contribution < 1.29 is 0 Å². The first kappa shape index (κ1) is 7.73. The summed E-state index contributed by atoms with van der Waals surface area (Å²) in [4.78, 5) is 0. The van der Waals surface area contributed by atoms with Crippen molar-refractivity contribution in [1.82, 2.24) is 14.8 Å². The molecule has 0 aromatic carbocycles. The van der Waals surface area contributed by atoms with Gasteiger partial charge in [0.2, 0.25) is 0 Å². The number of hydrogen-bond acceptors (Lipinski definition) is 3. The van der Waals surface area contributed by atoms with Gasteiger partial charge in [-0.05, 0) is 5.92 Å². The zero-order valence-electron chi connectivity index (χ0n) is 6.60. The average Bonchev–Trinajstić information content (AvgIpc) is 2.40. The molecule has 0 bridgehead atoms. The summed E-state index contributed by atoms with van der Waals surface area (Å²) >= 11 is 0. The van der Waals surface area contributed by atoms with E-state index in [-0.39, 0.29) is 12.0 Å². The van der Waals surface area contributed by atoms with Crippen molar-refractivity contribution in [1.29, 1.82) is 5.26 Å². The fourth-order valence-electron chi connectivity index (χ4n) is 0.912. The highest BCUT2D eigenvalue weighted by Crippen LogP contribution is 2.14. The molecule has 1 heterocycles. The minimum absolute atomic E-state index is 0.148. The standard InChI is InChI=1S/C7H10N4/c1-6(2)7(3-8)11-4-9-10-5-11/h4-7H,1-2H3. The molecule has 4 heteroatoms. The SMILES string of the molecule is CC(C)C(C#N)n1cnnc1. The Labute approximate surface area is 65.5 Å². The first-order valence-electron chi connectivity index (χ1n) is 3.49. The van der Waals surface area contributed by atoms with Crippen LogP contribution in [0.4, 0.5) is 0 Å². The second kappa shape index (κ2) is 3.15. The van der Waals surface area contributed by atoms with E-state index in [9.17, 15) is 0 Å². The molecule has 4 nitrogen and oxygen atoms in total. The quantitative estimate of drug-likeness (QED) is 0.632. The predicted octanol–water partition coefficient (Wildman–Crippen LogP) is 0.999. The van der Waals surface area contributed by atoms with Gasteiger partial charge in [0, 0.05) is 0 Å². The summed E-state index contributed by atoms with van der Waals surface area (Å²) in [5.41, 5.74) is 0. The van der Waals surface area contributed by atoms with E-state index < -0.39 is 0 Å². The van der Waals surface area contributed by atoms with Gasteiger partial charge in [-0.1, -0.05) is 13.8 Å². The second-order valence-electron chi connectivity index (χ2n) is 2.73. The van der Waals surface area contributed by atoms with Gasteiger partial charge in [-0.15, -0.1) is 10.2 Å². The lowest BCUT2D eigenvalue weighted by molar-refractivity contribution is 0.458. The molecule has 0 saturated carbocycles. The van der Waals surface area contributed by atoms with Gasteiger partial charge in [-0.3, -0.25) is 0 Å². The Morgan fingerprint density at radius 2 is 1.91 bits per heavy atom. The van der Waals surface area contributed by atoms with Crippen LogP contribution in [0, 0.1) is 17.2 Å². The van der Waals surface area contributed by atoms with Crippen molar-refractivity contribution in [2.75, 3.05) is 0 Å². The van der Waals surface area contributed by atoms with Crippen LogP contribution in [0.1, 0.15) is 19.9 Å². The summed E-state index contributed by atoms with van der Waals surface area (Å²) in [5, 5.41) is 16.0. The van der Waals surface area contributed by atoms with Crippen molar-refractivity contribution in [3.05, 3.63) is 12.7 Å². The van der Waals surface area contributed by atoms with Crippen LogP contribution in [0.2, 0.25) is 0 Å². The van der Waals surface area contributed by atoms with Crippen LogP contribution in [0.15, 0.2) is 12.7 Å². The van der Waals surface area contributed by atoms with Gasteiger partial charge >= 0.3 is 0 Å². The van der Waals surface area contributed by atoms with Crippen molar-refractivity contribution in [2.24, 2.45) is 5.92 Å². The summed E-state index contributed by atoms with van der Waals surface area (Å²) in [6.07, 6.45) is 3.13. The zero-order chi connectivity index (χ0) is 8.27. The van der Waals surface area contributed by atoms with Crippen LogP contribution in [-0.4, -0.2) is 14.8 Å². The van der Waals surface area contributed by atoms with E-state index in [1.807, 2.05) is 13.8 Å². The van der Waals surface area contributed by atoms with Crippen molar-refractivity contribution in [3.63, 3.8) is 0 Å². The van der Waals surface area contributed by atoms with E-state index in [0.717, 1.165) is 0 Å². The number of aromatic nitrogens is 3. The van der Waals surface area contributed by atoms with Crippen molar-refractivity contribution >= 4 is 0 Å². The zero-order valence-corrected chi connectivity index (χ0v) is 6.60. The lowest BCUT2D eigenvalue weighted by atomic mass is 10.1. The smallest absolute Gasteiger partial charge is 0.125 e. The third kappa shape index (κ3) is 1.55.